The van der Waals surface area contributed by atoms with Gasteiger partial charge in [-0.15, -0.1) is 0 Å². The molecule has 23 heavy (non-hydrogen) atoms. The molecule has 124 valence electrons. The number of pyridine rings is 1. The number of ether oxygens (including phenoxy) is 1. The van der Waals surface area contributed by atoms with Crippen LogP contribution in [0.2, 0.25) is 0 Å². The Morgan fingerprint density at radius 3 is 2.96 bits per heavy atom. The van der Waals surface area contributed by atoms with Crippen molar-refractivity contribution in [2.24, 2.45) is 0 Å². The van der Waals surface area contributed by atoms with Gasteiger partial charge < -0.3 is 14.5 Å². The minimum absolute atomic E-state index is 0.165. The molecule has 1 amide bonds. The molecule has 0 aromatic carbocycles. The van der Waals surface area contributed by atoms with Crippen LogP contribution >= 0.6 is 0 Å². The summed E-state index contributed by atoms with van der Waals surface area (Å²) < 4.78 is 7.52. The van der Waals surface area contributed by atoms with E-state index in [-0.39, 0.29) is 12.1 Å². The highest BCUT2D eigenvalue weighted by Gasteiger charge is 2.27. The summed E-state index contributed by atoms with van der Waals surface area (Å²) in [4.78, 5) is 16.5. The predicted molar refractivity (Wildman–Crippen MR) is 89.6 cm³/mol. The Hall–Kier alpha value is -2.04. The van der Waals surface area contributed by atoms with Gasteiger partial charge >= 0.3 is 6.09 Å². The smallest absolute Gasteiger partial charge is 0.407 e. The average Bonchev–Trinajstić information content (AvgIpc) is 2.89. The number of imidazole rings is 1. The Morgan fingerprint density at radius 1 is 1.35 bits per heavy atom. The number of carbonyl (C=O) groups excluding carboxylic acids is 1. The second-order valence-electron chi connectivity index (χ2n) is 7.32. The molecule has 0 aliphatic heterocycles. The van der Waals surface area contributed by atoms with E-state index < -0.39 is 5.60 Å². The average molecular weight is 315 g/mol. The molecule has 2 atom stereocenters. The molecule has 0 saturated heterocycles. The lowest BCUT2D eigenvalue weighted by molar-refractivity contribution is 0.0490. The fourth-order valence-corrected chi connectivity index (χ4v) is 3.32. The number of carbonyl (C=O) groups is 1. The highest BCUT2D eigenvalue weighted by atomic mass is 16.6. The van der Waals surface area contributed by atoms with Crippen LogP contribution in [0.1, 0.15) is 58.1 Å². The van der Waals surface area contributed by atoms with Crippen molar-refractivity contribution in [1.82, 2.24) is 14.7 Å². The molecule has 5 heteroatoms. The molecule has 0 radical (unpaired) electrons. The van der Waals surface area contributed by atoms with Gasteiger partial charge in [-0.25, -0.2) is 9.78 Å². The summed E-state index contributed by atoms with van der Waals surface area (Å²) in [5.74, 6) is 0.418. The maximum Gasteiger partial charge on any atom is 0.407 e. The quantitative estimate of drug-likeness (QED) is 0.915. The number of alkyl carbamates (subject to hydrolysis) is 1. The largest absolute Gasteiger partial charge is 0.444 e. The zero-order valence-electron chi connectivity index (χ0n) is 14.1. The lowest BCUT2D eigenvalue weighted by Crippen LogP contribution is -2.41. The van der Waals surface area contributed by atoms with Gasteiger partial charge in [-0.05, 0) is 52.2 Å². The number of hydrogen-bond acceptors (Lipinski definition) is 3. The lowest BCUT2D eigenvalue weighted by Gasteiger charge is -2.30. The first-order chi connectivity index (χ1) is 10.9. The van der Waals surface area contributed by atoms with Gasteiger partial charge in [0.1, 0.15) is 11.2 Å². The number of hydrogen-bond donors (Lipinski definition) is 1. The van der Waals surface area contributed by atoms with Crippen LogP contribution in [0.15, 0.2) is 30.6 Å². The van der Waals surface area contributed by atoms with E-state index in [1.807, 2.05) is 45.2 Å². The number of amides is 1. The van der Waals surface area contributed by atoms with E-state index in [1.165, 1.54) is 5.69 Å². The summed E-state index contributed by atoms with van der Waals surface area (Å²) in [5, 5.41) is 3.02. The molecule has 0 bridgehead atoms. The molecular weight excluding hydrogens is 290 g/mol. The van der Waals surface area contributed by atoms with Crippen LogP contribution in [0.4, 0.5) is 4.79 Å². The molecule has 1 fully saturated rings. The van der Waals surface area contributed by atoms with E-state index in [4.69, 9.17) is 4.74 Å². The third-order valence-corrected chi connectivity index (χ3v) is 4.26. The zero-order chi connectivity index (χ0) is 16.4. The molecule has 5 nitrogen and oxygen atoms in total. The summed E-state index contributed by atoms with van der Waals surface area (Å²) in [5.41, 5.74) is 1.75. The van der Waals surface area contributed by atoms with Gasteiger partial charge in [0, 0.05) is 30.0 Å². The Balaban J connectivity index is 1.68. The molecule has 1 saturated carbocycles. The van der Waals surface area contributed by atoms with Gasteiger partial charge in [-0.3, -0.25) is 0 Å². The van der Waals surface area contributed by atoms with Crippen LogP contribution in [-0.2, 0) is 4.74 Å². The molecule has 3 rings (SSSR count). The van der Waals surface area contributed by atoms with Gasteiger partial charge in [-0.2, -0.15) is 0 Å². The third kappa shape index (κ3) is 3.84. The molecule has 1 unspecified atom stereocenters. The Morgan fingerprint density at radius 2 is 2.17 bits per heavy atom. The van der Waals surface area contributed by atoms with Crippen LogP contribution in [-0.4, -0.2) is 27.1 Å². The van der Waals surface area contributed by atoms with Gasteiger partial charge in [0.15, 0.2) is 0 Å². The summed E-state index contributed by atoms with van der Waals surface area (Å²) >= 11 is 0. The van der Waals surface area contributed by atoms with Gasteiger partial charge in [0.05, 0.1) is 0 Å². The van der Waals surface area contributed by atoms with Crippen molar-refractivity contribution in [3.63, 3.8) is 0 Å². The first-order valence-electron chi connectivity index (χ1n) is 8.34. The second kappa shape index (κ2) is 6.22. The Bertz CT molecular complexity index is 687. The molecule has 2 aromatic rings. The SMILES string of the molecule is CC(C)(C)OC(=O)N[C@@H]1CCCC(c2cnc3ccccn23)C1. The van der Waals surface area contributed by atoms with Gasteiger partial charge in [0.2, 0.25) is 0 Å². The zero-order valence-corrected chi connectivity index (χ0v) is 14.1. The fraction of sp³-hybridized carbons (Fsp3) is 0.556. The monoisotopic (exact) mass is 315 g/mol. The highest BCUT2D eigenvalue weighted by molar-refractivity contribution is 5.68. The van der Waals surface area contributed by atoms with E-state index in [0.717, 1.165) is 31.3 Å². The summed E-state index contributed by atoms with van der Waals surface area (Å²) in [6.45, 7) is 5.65. The molecular formula is C18H25N3O2. The topological polar surface area (TPSA) is 55.6 Å². The normalized spacial score (nSPS) is 22.0. The minimum atomic E-state index is -0.459. The fourth-order valence-electron chi connectivity index (χ4n) is 3.32. The van der Waals surface area contributed by atoms with Crippen LogP contribution in [0.25, 0.3) is 5.65 Å². The maximum absolute atomic E-state index is 12.0. The Kier molecular flexibility index (Phi) is 4.28. The summed E-state index contributed by atoms with van der Waals surface area (Å²) in [6.07, 6.45) is 7.88. The van der Waals surface area contributed by atoms with Crippen molar-refractivity contribution in [1.29, 1.82) is 0 Å². The van der Waals surface area contributed by atoms with Crippen molar-refractivity contribution >= 4 is 11.7 Å². The van der Waals surface area contributed by atoms with Crippen LogP contribution in [0.5, 0.6) is 0 Å². The number of fused-ring (bicyclic) bond motifs is 1. The molecule has 1 aliphatic carbocycles. The maximum atomic E-state index is 12.0. The standard InChI is InChI=1S/C18H25N3O2/c1-18(2,3)23-17(22)20-14-8-6-7-13(11-14)15-12-19-16-9-4-5-10-21(15)16/h4-5,9-10,12-14H,6-8,11H2,1-3H3,(H,20,22)/t13?,14-/m1/s1. The Labute approximate surface area is 137 Å². The van der Waals surface area contributed by atoms with Gasteiger partial charge in [0.25, 0.3) is 0 Å². The van der Waals surface area contributed by atoms with Crippen molar-refractivity contribution in [2.75, 3.05) is 0 Å². The number of aromatic nitrogens is 2. The minimum Gasteiger partial charge on any atom is -0.444 e. The van der Waals surface area contributed by atoms with Crippen molar-refractivity contribution in [3.05, 3.63) is 36.3 Å². The third-order valence-electron chi connectivity index (χ3n) is 4.26. The van der Waals surface area contributed by atoms with Crippen molar-refractivity contribution < 1.29 is 9.53 Å². The van der Waals surface area contributed by atoms with Crippen molar-refractivity contribution in [3.8, 4) is 0 Å². The summed E-state index contributed by atoms with van der Waals surface area (Å²) in [7, 11) is 0. The van der Waals surface area contributed by atoms with Gasteiger partial charge in [-0.1, -0.05) is 12.5 Å². The molecule has 2 heterocycles. The van der Waals surface area contributed by atoms with E-state index in [9.17, 15) is 4.79 Å². The van der Waals surface area contributed by atoms with E-state index in [2.05, 4.69) is 20.9 Å². The number of rotatable bonds is 2. The molecule has 1 N–H and O–H groups in total. The van der Waals surface area contributed by atoms with Crippen LogP contribution < -0.4 is 5.32 Å². The molecule has 0 spiro atoms. The second-order valence-corrected chi connectivity index (χ2v) is 7.32. The van der Waals surface area contributed by atoms with Crippen LogP contribution in [0.3, 0.4) is 0 Å². The molecule has 1 aliphatic rings. The predicted octanol–water partition coefficient (Wildman–Crippen LogP) is 3.89. The van der Waals surface area contributed by atoms with E-state index in [0.29, 0.717) is 5.92 Å². The van der Waals surface area contributed by atoms with Crippen LogP contribution in [0, 0.1) is 0 Å². The first kappa shape index (κ1) is 15.8. The number of nitrogens with zero attached hydrogens (tertiary/aromatic N) is 2. The number of nitrogens with one attached hydrogen (secondary N) is 1. The van der Waals surface area contributed by atoms with E-state index >= 15 is 0 Å². The highest BCUT2D eigenvalue weighted by Crippen LogP contribution is 2.33. The van der Waals surface area contributed by atoms with Crippen molar-refractivity contribution in [2.45, 2.75) is 64.0 Å². The lowest BCUT2D eigenvalue weighted by atomic mass is 9.84. The molecule has 2 aromatic heterocycles. The first-order valence-corrected chi connectivity index (χ1v) is 8.34. The van der Waals surface area contributed by atoms with E-state index in [1.54, 1.807) is 0 Å². The summed E-state index contributed by atoms with van der Waals surface area (Å²) in [6, 6.07) is 6.21.